The summed E-state index contributed by atoms with van der Waals surface area (Å²) < 4.78 is 33.8. The first-order valence-corrected chi connectivity index (χ1v) is 9.90. The largest absolute Gasteiger partial charge is 0.493 e. The lowest BCUT2D eigenvalue weighted by Crippen LogP contribution is -2.47. The van der Waals surface area contributed by atoms with E-state index in [2.05, 4.69) is 0 Å². The number of nitrogens with zero attached hydrogens (tertiary/aromatic N) is 1. The molecule has 2 N–H and O–H groups in total. The summed E-state index contributed by atoms with van der Waals surface area (Å²) in [4.78, 5) is 0.335. The van der Waals surface area contributed by atoms with Crippen molar-refractivity contribution in [2.75, 3.05) is 19.7 Å². The topological polar surface area (TPSA) is 72.6 Å². The first-order valence-electron chi connectivity index (χ1n) is 8.46. The van der Waals surface area contributed by atoms with Gasteiger partial charge in [-0.15, -0.1) is 12.4 Å². The van der Waals surface area contributed by atoms with Gasteiger partial charge in [-0.3, -0.25) is 0 Å². The van der Waals surface area contributed by atoms with Gasteiger partial charge in [0, 0.05) is 29.9 Å². The summed E-state index contributed by atoms with van der Waals surface area (Å²) in [6, 6.07) is 10.8. The number of benzene rings is 2. The molecule has 2 aromatic rings. The molecule has 3 rings (SSSR count). The van der Waals surface area contributed by atoms with Crippen LogP contribution in [0.3, 0.4) is 0 Å². The van der Waals surface area contributed by atoms with Crippen molar-refractivity contribution in [2.24, 2.45) is 5.73 Å². The van der Waals surface area contributed by atoms with Crippen molar-refractivity contribution < 1.29 is 13.2 Å². The van der Waals surface area contributed by atoms with E-state index in [1.54, 1.807) is 16.4 Å². The van der Waals surface area contributed by atoms with Crippen LogP contribution in [0.4, 0.5) is 0 Å². The Labute approximate surface area is 155 Å². The van der Waals surface area contributed by atoms with Crippen molar-refractivity contribution in [2.45, 2.75) is 37.1 Å². The molecule has 0 spiro atoms. The number of fused-ring (bicyclic) bond motifs is 1. The van der Waals surface area contributed by atoms with Crippen molar-refractivity contribution in [1.82, 2.24) is 4.31 Å². The number of sulfonamides is 1. The highest BCUT2D eigenvalue weighted by atomic mass is 35.5. The minimum atomic E-state index is -3.58. The predicted molar refractivity (Wildman–Crippen MR) is 103 cm³/mol. The van der Waals surface area contributed by atoms with Gasteiger partial charge in [-0.2, -0.15) is 4.31 Å². The van der Waals surface area contributed by atoms with E-state index in [-0.39, 0.29) is 18.4 Å². The fraction of sp³-hybridized carbons (Fsp3) is 0.444. The average Bonchev–Trinajstić information content (AvgIpc) is 2.62. The van der Waals surface area contributed by atoms with Gasteiger partial charge in [0.25, 0.3) is 0 Å². The van der Waals surface area contributed by atoms with E-state index >= 15 is 0 Å². The molecule has 1 atom stereocenters. The summed E-state index contributed by atoms with van der Waals surface area (Å²) in [5, 5.41) is 1.52. The van der Waals surface area contributed by atoms with Crippen LogP contribution in [-0.4, -0.2) is 38.5 Å². The first kappa shape index (κ1) is 20.0. The Bertz CT molecular complexity index is 826. The Morgan fingerprint density at radius 1 is 1.16 bits per heavy atom. The quantitative estimate of drug-likeness (QED) is 0.859. The van der Waals surface area contributed by atoms with Crippen LogP contribution >= 0.6 is 12.4 Å². The van der Waals surface area contributed by atoms with Crippen LogP contribution in [0.25, 0.3) is 10.8 Å². The third-order valence-corrected chi connectivity index (χ3v) is 6.59. The maximum atomic E-state index is 13.3. The van der Waals surface area contributed by atoms with Crippen LogP contribution in [0.5, 0.6) is 5.75 Å². The van der Waals surface area contributed by atoms with Gasteiger partial charge >= 0.3 is 0 Å². The van der Waals surface area contributed by atoms with E-state index in [1.165, 1.54) is 0 Å². The van der Waals surface area contributed by atoms with E-state index in [1.807, 2.05) is 31.2 Å². The van der Waals surface area contributed by atoms with Crippen LogP contribution in [0.2, 0.25) is 0 Å². The number of piperidine rings is 1. The second kappa shape index (κ2) is 8.36. The molecule has 1 fully saturated rings. The van der Waals surface area contributed by atoms with Gasteiger partial charge in [0.2, 0.25) is 10.0 Å². The van der Waals surface area contributed by atoms with Crippen molar-refractivity contribution in [1.29, 1.82) is 0 Å². The summed E-state index contributed by atoms with van der Waals surface area (Å²) in [6.45, 7) is 3.34. The molecule has 2 aromatic carbocycles. The van der Waals surface area contributed by atoms with Crippen LogP contribution in [0.1, 0.15) is 26.2 Å². The second-order valence-electron chi connectivity index (χ2n) is 6.04. The average molecular weight is 385 g/mol. The number of ether oxygens (including phenoxy) is 1. The number of hydrogen-bond acceptors (Lipinski definition) is 4. The van der Waals surface area contributed by atoms with E-state index in [0.29, 0.717) is 35.7 Å². The molecule has 0 radical (unpaired) electrons. The summed E-state index contributed by atoms with van der Waals surface area (Å²) in [5.74, 6) is 0.709. The molecular formula is C18H25ClN2O3S. The summed E-state index contributed by atoms with van der Waals surface area (Å²) in [5.41, 5.74) is 5.82. The maximum absolute atomic E-state index is 13.3. The van der Waals surface area contributed by atoms with E-state index in [9.17, 15) is 8.42 Å². The van der Waals surface area contributed by atoms with Crippen molar-refractivity contribution in [3.8, 4) is 5.75 Å². The SMILES string of the molecule is CCOc1ccc(S(=O)(=O)N2CCCCC2CN)c2ccccc12.Cl. The molecule has 0 bridgehead atoms. The van der Waals surface area contributed by atoms with Gasteiger partial charge in [0.1, 0.15) is 5.75 Å². The van der Waals surface area contributed by atoms with Crippen molar-refractivity contribution >= 4 is 33.2 Å². The lowest BCUT2D eigenvalue weighted by molar-refractivity contribution is 0.258. The first-order chi connectivity index (χ1) is 11.6. The lowest BCUT2D eigenvalue weighted by Gasteiger charge is -2.34. The Morgan fingerprint density at radius 2 is 1.88 bits per heavy atom. The monoisotopic (exact) mass is 384 g/mol. The molecule has 5 nitrogen and oxygen atoms in total. The van der Waals surface area contributed by atoms with Crippen LogP contribution in [0.15, 0.2) is 41.3 Å². The third-order valence-electron chi connectivity index (χ3n) is 4.58. The molecule has 138 valence electrons. The van der Waals surface area contributed by atoms with E-state index in [0.717, 1.165) is 24.6 Å². The fourth-order valence-electron chi connectivity index (χ4n) is 3.40. The standard InChI is InChI=1S/C18H24N2O3S.ClH/c1-2-23-17-10-11-18(16-9-4-3-8-15(16)17)24(21,22)20-12-6-5-7-14(20)13-19;/h3-4,8-11,14H,2,5-7,12-13,19H2,1H3;1H. The molecule has 1 saturated heterocycles. The number of halogens is 1. The highest BCUT2D eigenvalue weighted by molar-refractivity contribution is 7.89. The molecule has 0 amide bonds. The van der Waals surface area contributed by atoms with Gasteiger partial charge in [-0.25, -0.2) is 8.42 Å². The Balaban J connectivity index is 0.00000225. The lowest BCUT2D eigenvalue weighted by atomic mass is 10.1. The third kappa shape index (κ3) is 3.77. The summed E-state index contributed by atoms with van der Waals surface area (Å²) in [7, 11) is -3.58. The molecule has 1 heterocycles. The Morgan fingerprint density at radius 3 is 2.56 bits per heavy atom. The molecule has 1 aliphatic rings. The number of hydrogen-bond donors (Lipinski definition) is 1. The molecule has 7 heteroatoms. The van der Waals surface area contributed by atoms with Gasteiger partial charge in [-0.1, -0.05) is 30.7 Å². The Hall–Kier alpha value is -1.34. The second-order valence-corrected chi connectivity index (χ2v) is 7.90. The van der Waals surface area contributed by atoms with Crippen molar-refractivity contribution in [3.63, 3.8) is 0 Å². The molecular weight excluding hydrogens is 360 g/mol. The van der Waals surface area contributed by atoms with E-state index < -0.39 is 10.0 Å². The van der Waals surface area contributed by atoms with Gasteiger partial charge < -0.3 is 10.5 Å². The van der Waals surface area contributed by atoms with E-state index in [4.69, 9.17) is 10.5 Å². The number of rotatable bonds is 5. The molecule has 1 unspecified atom stereocenters. The number of nitrogens with two attached hydrogens (primary N) is 1. The zero-order valence-electron chi connectivity index (χ0n) is 14.3. The summed E-state index contributed by atoms with van der Waals surface area (Å²) >= 11 is 0. The normalized spacial score (nSPS) is 18.7. The molecule has 0 aliphatic carbocycles. The molecule has 25 heavy (non-hydrogen) atoms. The zero-order valence-corrected chi connectivity index (χ0v) is 16.0. The van der Waals surface area contributed by atoms with Crippen molar-refractivity contribution in [3.05, 3.63) is 36.4 Å². The molecule has 0 aromatic heterocycles. The van der Waals surface area contributed by atoms with Gasteiger partial charge in [-0.05, 0) is 31.9 Å². The minimum absolute atomic E-state index is 0. The van der Waals surface area contributed by atoms with Crippen LogP contribution in [-0.2, 0) is 10.0 Å². The van der Waals surface area contributed by atoms with Crippen LogP contribution in [0, 0.1) is 0 Å². The maximum Gasteiger partial charge on any atom is 0.243 e. The smallest absolute Gasteiger partial charge is 0.243 e. The zero-order chi connectivity index (χ0) is 17.2. The fourth-order valence-corrected chi connectivity index (χ4v) is 5.30. The van der Waals surface area contributed by atoms with Crippen LogP contribution < -0.4 is 10.5 Å². The molecule has 0 saturated carbocycles. The minimum Gasteiger partial charge on any atom is -0.493 e. The highest BCUT2D eigenvalue weighted by Crippen LogP contribution is 2.34. The Kier molecular flexibility index (Phi) is 6.68. The van der Waals surface area contributed by atoms with Gasteiger partial charge in [0.05, 0.1) is 11.5 Å². The molecule has 1 aliphatic heterocycles. The van der Waals surface area contributed by atoms with Gasteiger partial charge in [0.15, 0.2) is 0 Å². The predicted octanol–water partition coefficient (Wildman–Crippen LogP) is 3.16. The highest BCUT2D eigenvalue weighted by Gasteiger charge is 2.33. The summed E-state index contributed by atoms with van der Waals surface area (Å²) in [6.07, 6.45) is 2.73.